The molecule has 0 bridgehead atoms. The van der Waals surface area contributed by atoms with Crippen molar-refractivity contribution in [3.8, 4) is 5.75 Å². The predicted octanol–water partition coefficient (Wildman–Crippen LogP) is 1.00. The highest BCUT2D eigenvalue weighted by Crippen LogP contribution is 2.29. The number of hydrogen-bond acceptors (Lipinski definition) is 7. The molecule has 3 heterocycles. The van der Waals surface area contributed by atoms with E-state index in [1.54, 1.807) is 36.3 Å². The number of fused-ring (bicyclic) bond motifs is 1. The third-order valence-electron chi connectivity index (χ3n) is 6.84. The molecule has 10 heteroatoms. The summed E-state index contributed by atoms with van der Waals surface area (Å²) in [6.45, 7) is 3.81. The van der Waals surface area contributed by atoms with Crippen LogP contribution >= 0.6 is 0 Å². The Labute approximate surface area is 200 Å². The van der Waals surface area contributed by atoms with Crippen molar-refractivity contribution in [2.45, 2.75) is 43.6 Å². The van der Waals surface area contributed by atoms with E-state index in [9.17, 15) is 14.7 Å². The van der Waals surface area contributed by atoms with Crippen LogP contribution in [-0.4, -0.2) is 116 Å². The van der Waals surface area contributed by atoms with E-state index in [0.717, 1.165) is 26.2 Å². The fourth-order valence-corrected chi connectivity index (χ4v) is 4.82. The molecule has 3 fully saturated rings. The standard InChI is InChI=1S/C24H36N4O6/c1-26-9-11-27(12-10-26)23(30)13-20-7-8-21-22(34-20)16-33-15-18(29)14-28(21)24(31)25-17-3-5-19(32-2)6-4-17/h3-6,18,20-22,29H,7-16H2,1-2H3,(H,25,31)/t18-,20-,21+,22-/m0/s1. The summed E-state index contributed by atoms with van der Waals surface area (Å²) >= 11 is 0. The minimum absolute atomic E-state index is 0.118. The van der Waals surface area contributed by atoms with Gasteiger partial charge in [0.1, 0.15) is 11.9 Å². The van der Waals surface area contributed by atoms with Gasteiger partial charge in [0, 0.05) is 31.9 Å². The lowest BCUT2D eigenvalue weighted by Gasteiger charge is -2.44. The lowest BCUT2D eigenvalue weighted by molar-refractivity contribution is -0.155. The van der Waals surface area contributed by atoms with Gasteiger partial charge in [-0.25, -0.2) is 4.79 Å². The number of carbonyl (C=O) groups is 2. The first-order chi connectivity index (χ1) is 16.4. The summed E-state index contributed by atoms with van der Waals surface area (Å²) in [7, 11) is 3.65. The average molecular weight is 477 g/mol. The van der Waals surface area contributed by atoms with Crippen LogP contribution in [0.5, 0.6) is 5.75 Å². The number of hydrogen-bond donors (Lipinski definition) is 2. The molecule has 1 aromatic carbocycles. The molecule has 3 amide bonds. The lowest BCUT2D eigenvalue weighted by Crippen LogP contribution is -2.58. The van der Waals surface area contributed by atoms with Gasteiger partial charge in [-0.2, -0.15) is 0 Å². The topological polar surface area (TPSA) is 104 Å². The van der Waals surface area contributed by atoms with E-state index >= 15 is 0 Å². The lowest BCUT2D eigenvalue weighted by atomic mass is 9.94. The van der Waals surface area contributed by atoms with E-state index < -0.39 is 6.10 Å². The number of ether oxygens (including phenoxy) is 3. The van der Waals surface area contributed by atoms with Crippen molar-refractivity contribution in [2.75, 3.05) is 65.4 Å². The van der Waals surface area contributed by atoms with Crippen LogP contribution in [0.3, 0.4) is 0 Å². The number of urea groups is 1. The third kappa shape index (κ3) is 6.18. The zero-order valence-corrected chi connectivity index (χ0v) is 20.0. The number of carbonyl (C=O) groups excluding carboxylic acids is 2. The molecule has 0 radical (unpaired) electrons. The van der Waals surface area contributed by atoms with Crippen LogP contribution in [0.25, 0.3) is 0 Å². The normalized spacial score (nSPS) is 28.4. The minimum atomic E-state index is -0.779. The third-order valence-corrected chi connectivity index (χ3v) is 6.84. The first-order valence-electron chi connectivity index (χ1n) is 12.0. The Hall–Kier alpha value is -2.40. The van der Waals surface area contributed by atoms with Crippen molar-refractivity contribution in [3.05, 3.63) is 24.3 Å². The van der Waals surface area contributed by atoms with Gasteiger partial charge in [0.05, 0.1) is 51.5 Å². The molecule has 188 valence electrons. The highest BCUT2D eigenvalue weighted by Gasteiger charge is 2.40. The van der Waals surface area contributed by atoms with Crippen LogP contribution < -0.4 is 10.1 Å². The van der Waals surface area contributed by atoms with Gasteiger partial charge >= 0.3 is 6.03 Å². The number of nitrogens with one attached hydrogen (secondary N) is 1. The molecular formula is C24H36N4O6. The summed E-state index contributed by atoms with van der Waals surface area (Å²) in [5.41, 5.74) is 0.641. The van der Waals surface area contributed by atoms with E-state index in [-0.39, 0.29) is 49.9 Å². The zero-order valence-electron chi connectivity index (χ0n) is 20.0. The molecule has 1 aromatic rings. The van der Waals surface area contributed by atoms with E-state index in [0.29, 0.717) is 30.7 Å². The number of anilines is 1. The van der Waals surface area contributed by atoms with Crippen molar-refractivity contribution in [1.82, 2.24) is 14.7 Å². The number of methoxy groups -OCH3 is 1. The molecule has 10 nitrogen and oxygen atoms in total. The molecule has 4 rings (SSSR count). The first-order valence-corrected chi connectivity index (χ1v) is 12.0. The zero-order chi connectivity index (χ0) is 24.1. The molecule has 34 heavy (non-hydrogen) atoms. The fourth-order valence-electron chi connectivity index (χ4n) is 4.82. The Morgan fingerprint density at radius 2 is 1.85 bits per heavy atom. The van der Waals surface area contributed by atoms with Gasteiger partial charge in [-0.15, -0.1) is 0 Å². The van der Waals surface area contributed by atoms with Crippen molar-refractivity contribution in [3.63, 3.8) is 0 Å². The predicted molar refractivity (Wildman–Crippen MR) is 126 cm³/mol. The van der Waals surface area contributed by atoms with E-state index in [1.165, 1.54) is 0 Å². The number of β-amino-alcohol motifs (C(OH)–C–C–N with tert-alkyl or cyclic N) is 1. The van der Waals surface area contributed by atoms with Gasteiger partial charge in [0.25, 0.3) is 0 Å². The summed E-state index contributed by atoms with van der Waals surface area (Å²) in [5, 5.41) is 13.2. The summed E-state index contributed by atoms with van der Waals surface area (Å²) in [5.74, 6) is 0.822. The summed E-state index contributed by atoms with van der Waals surface area (Å²) in [4.78, 5) is 31.8. The van der Waals surface area contributed by atoms with Crippen LogP contribution in [0.2, 0.25) is 0 Å². The number of nitrogens with zero attached hydrogens (tertiary/aromatic N) is 3. The van der Waals surface area contributed by atoms with Gasteiger partial charge in [-0.1, -0.05) is 0 Å². The van der Waals surface area contributed by atoms with Crippen molar-refractivity contribution < 1.29 is 28.9 Å². The van der Waals surface area contributed by atoms with Gasteiger partial charge in [0.15, 0.2) is 0 Å². The summed E-state index contributed by atoms with van der Waals surface area (Å²) in [6, 6.07) is 6.56. The maximum atomic E-state index is 13.2. The van der Waals surface area contributed by atoms with Crippen LogP contribution in [0.15, 0.2) is 24.3 Å². The molecule has 0 saturated carbocycles. The van der Waals surface area contributed by atoms with Crippen LogP contribution in [0, 0.1) is 0 Å². The van der Waals surface area contributed by atoms with Crippen LogP contribution in [-0.2, 0) is 14.3 Å². The smallest absolute Gasteiger partial charge is 0.322 e. The van der Waals surface area contributed by atoms with Gasteiger partial charge in [0.2, 0.25) is 5.91 Å². The second kappa shape index (κ2) is 11.4. The Bertz CT molecular complexity index is 829. The fraction of sp³-hybridized carbons (Fsp3) is 0.667. The van der Waals surface area contributed by atoms with Gasteiger partial charge in [-0.3, -0.25) is 4.79 Å². The molecule has 0 aromatic heterocycles. The monoisotopic (exact) mass is 476 g/mol. The minimum Gasteiger partial charge on any atom is -0.497 e. The molecule has 3 aliphatic heterocycles. The number of rotatable bonds is 4. The SMILES string of the molecule is COc1ccc(NC(=O)N2C[C@H](O)COC[C@@H]3O[C@H](CC(=O)N4CCN(C)CC4)CC[C@H]32)cc1. The average Bonchev–Trinajstić information content (AvgIpc) is 2.82. The first kappa shape index (κ1) is 24.7. The molecule has 3 saturated heterocycles. The highest BCUT2D eigenvalue weighted by molar-refractivity contribution is 5.89. The largest absolute Gasteiger partial charge is 0.497 e. The Kier molecular flexibility index (Phi) is 8.25. The second-order valence-electron chi connectivity index (χ2n) is 9.33. The molecule has 0 unspecified atom stereocenters. The molecule has 0 spiro atoms. The maximum absolute atomic E-state index is 13.2. The summed E-state index contributed by atoms with van der Waals surface area (Å²) < 4.78 is 17.1. The molecular weight excluding hydrogens is 440 g/mol. The van der Waals surface area contributed by atoms with E-state index in [1.807, 2.05) is 4.90 Å². The van der Waals surface area contributed by atoms with Crippen LogP contribution in [0.1, 0.15) is 19.3 Å². The van der Waals surface area contributed by atoms with Crippen molar-refractivity contribution in [1.29, 1.82) is 0 Å². The summed E-state index contributed by atoms with van der Waals surface area (Å²) in [6.07, 6.45) is 0.355. The molecule has 4 atom stereocenters. The molecule has 0 aliphatic carbocycles. The molecule has 2 N–H and O–H groups in total. The molecule has 3 aliphatic rings. The van der Waals surface area contributed by atoms with Crippen molar-refractivity contribution in [2.24, 2.45) is 0 Å². The second-order valence-corrected chi connectivity index (χ2v) is 9.33. The van der Waals surface area contributed by atoms with Gasteiger partial charge in [-0.05, 0) is 44.2 Å². The van der Waals surface area contributed by atoms with E-state index in [4.69, 9.17) is 14.2 Å². The van der Waals surface area contributed by atoms with E-state index in [2.05, 4.69) is 17.3 Å². The number of aliphatic hydroxyl groups excluding tert-OH is 1. The van der Waals surface area contributed by atoms with Crippen LogP contribution in [0.4, 0.5) is 10.5 Å². The Morgan fingerprint density at radius 1 is 1.12 bits per heavy atom. The Morgan fingerprint density at radius 3 is 2.56 bits per heavy atom. The highest BCUT2D eigenvalue weighted by atomic mass is 16.5. The number of benzene rings is 1. The number of amides is 3. The number of aliphatic hydroxyl groups is 1. The van der Waals surface area contributed by atoms with Gasteiger partial charge < -0.3 is 39.3 Å². The number of piperazine rings is 1. The Balaban J connectivity index is 1.38. The quantitative estimate of drug-likeness (QED) is 0.668. The number of likely N-dealkylation sites (N-methyl/N-ethyl adjacent to an activating group) is 1. The van der Waals surface area contributed by atoms with Crippen molar-refractivity contribution >= 4 is 17.6 Å². The maximum Gasteiger partial charge on any atom is 0.322 e.